The molecule has 0 saturated carbocycles. The fourth-order valence-corrected chi connectivity index (χ4v) is 3.09. The minimum atomic E-state index is -0.451. The molecule has 2 aromatic rings. The molecular weight excluding hydrogens is 348 g/mol. The number of benzene rings is 2. The molecular formula is C20H18N2O5. The predicted octanol–water partition coefficient (Wildman–Crippen LogP) is 2.83. The van der Waals surface area contributed by atoms with Gasteiger partial charge in [0, 0.05) is 11.6 Å². The molecule has 2 aliphatic rings. The van der Waals surface area contributed by atoms with E-state index < -0.39 is 6.03 Å². The Morgan fingerprint density at radius 3 is 2.70 bits per heavy atom. The van der Waals surface area contributed by atoms with Crippen molar-refractivity contribution in [2.75, 3.05) is 13.9 Å². The fraction of sp³-hybridized carbons (Fsp3) is 0.200. The van der Waals surface area contributed by atoms with Crippen LogP contribution in [0.5, 0.6) is 17.2 Å². The first kappa shape index (κ1) is 17.0. The normalized spacial score (nSPS) is 16.8. The minimum Gasteiger partial charge on any atom is -0.496 e. The van der Waals surface area contributed by atoms with Crippen molar-refractivity contribution in [1.29, 1.82) is 0 Å². The lowest BCUT2D eigenvalue weighted by Gasteiger charge is -2.12. The van der Waals surface area contributed by atoms with Crippen LogP contribution in [-0.2, 0) is 11.3 Å². The lowest BCUT2D eigenvalue weighted by atomic mass is 10.1. The Labute approximate surface area is 156 Å². The Hall–Kier alpha value is -3.48. The molecule has 2 heterocycles. The lowest BCUT2D eigenvalue weighted by molar-refractivity contribution is -0.123. The highest BCUT2D eigenvalue weighted by Crippen LogP contribution is 2.39. The van der Waals surface area contributed by atoms with Gasteiger partial charge in [-0.1, -0.05) is 29.8 Å². The van der Waals surface area contributed by atoms with E-state index in [-0.39, 0.29) is 24.9 Å². The summed E-state index contributed by atoms with van der Waals surface area (Å²) >= 11 is 0. The van der Waals surface area contributed by atoms with Gasteiger partial charge in [0.25, 0.3) is 5.91 Å². The molecule has 2 aliphatic heterocycles. The van der Waals surface area contributed by atoms with Crippen LogP contribution >= 0.6 is 0 Å². The Kier molecular flexibility index (Phi) is 4.19. The molecule has 0 aromatic heterocycles. The van der Waals surface area contributed by atoms with Crippen molar-refractivity contribution in [2.24, 2.45) is 0 Å². The van der Waals surface area contributed by atoms with Gasteiger partial charge in [-0.15, -0.1) is 0 Å². The van der Waals surface area contributed by atoms with E-state index in [4.69, 9.17) is 14.2 Å². The van der Waals surface area contributed by atoms with Crippen molar-refractivity contribution in [3.05, 3.63) is 58.8 Å². The summed E-state index contributed by atoms with van der Waals surface area (Å²) < 4.78 is 16.1. The second-order valence-corrected chi connectivity index (χ2v) is 6.32. The fourth-order valence-electron chi connectivity index (χ4n) is 3.09. The van der Waals surface area contributed by atoms with Gasteiger partial charge in [-0.25, -0.2) is 4.79 Å². The Morgan fingerprint density at radius 2 is 1.96 bits per heavy atom. The molecule has 0 bridgehead atoms. The average molecular weight is 366 g/mol. The van der Waals surface area contributed by atoms with Crippen LogP contribution < -0.4 is 19.5 Å². The first-order valence-corrected chi connectivity index (χ1v) is 8.43. The summed E-state index contributed by atoms with van der Waals surface area (Å²) in [5, 5.41) is 2.63. The smallest absolute Gasteiger partial charge is 0.329 e. The third kappa shape index (κ3) is 3.19. The maximum atomic E-state index is 12.7. The maximum absolute atomic E-state index is 12.7. The Bertz CT molecular complexity index is 967. The van der Waals surface area contributed by atoms with Crippen LogP contribution in [0.2, 0.25) is 0 Å². The van der Waals surface area contributed by atoms with Crippen LogP contribution in [0.1, 0.15) is 16.7 Å². The largest absolute Gasteiger partial charge is 0.496 e. The highest BCUT2D eigenvalue weighted by molar-refractivity contribution is 6.14. The summed E-state index contributed by atoms with van der Waals surface area (Å²) in [6, 6.07) is 10.7. The summed E-state index contributed by atoms with van der Waals surface area (Å²) in [5.74, 6) is 1.28. The number of amides is 3. The van der Waals surface area contributed by atoms with E-state index >= 15 is 0 Å². The van der Waals surface area contributed by atoms with Crippen LogP contribution in [0.25, 0.3) is 6.08 Å². The molecule has 7 heteroatoms. The number of aryl methyl sites for hydroxylation is 1. The molecule has 138 valence electrons. The quantitative estimate of drug-likeness (QED) is 0.665. The molecule has 1 N–H and O–H groups in total. The van der Waals surface area contributed by atoms with Gasteiger partial charge in [-0.05, 0) is 24.6 Å². The van der Waals surface area contributed by atoms with Crippen molar-refractivity contribution in [3.8, 4) is 17.2 Å². The number of methoxy groups -OCH3 is 1. The number of fused-ring (bicyclic) bond motifs is 1. The van der Waals surface area contributed by atoms with Crippen LogP contribution in [0, 0.1) is 6.92 Å². The van der Waals surface area contributed by atoms with E-state index in [1.54, 1.807) is 18.2 Å². The molecule has 0 aliphatic carbocycles. The first-order valence-electron chi connectivity index (χ1n) is 8.43. The van der Waals surface area contributed by atoms with E-state index in [1.807, 2.05) is 31.2 Å². The highest BCUT2D eigenvalue weighted by atomic mass is 16.7. The number of rotatable bonds is 4. The maximum Gasteiger partial charge on any atom is 0.329 e. The zero-order valence-corrected chi connectivity index (χ0v) is 14.9. The Morgan fingerprint density at radius 1 is 1.19 bits per heavy atom. The van der Waals surface area contributed by atoms with Crippen LogP contribution in [-0.4, -0.2) is 30.7 Å². The van der Waals surface area contributed by atoms with Crippen molar-refractivity contribution < 1.29 is 23.8 Å². The number of nitrogens with zero attached hydrogens (tertiary/aromatic N) is 1. The standard InChI is InChI=1S/C20H18N2O5/c1-12-4-3-5-13(6-12)10-22-19(23)15(21-20(22)24)7-14-8-17-18(27-11-26-17)9-16(14)25-2/h3-9H,10-11H2,1-2H3,(H,21,24)/b15-7+. The zero-order valence-electron chi connectivity index (χ0n) is 14.9. The number of carbonyl (C=O) groups is 2. The van der Waals surface area contributed by atoms with Crippen LogP contribution in [0.15, 0.2) is 42.1 Å². The predicted molar refractivity (Wildman–Crippen MR) is 97.4 cm³/mol. The van der Waals surface area contributed by atoms with Gasteiger partial charge >= 0.3 is 6.03 Å². The number of nitrogens with one attached hydrogen (secondary N) is 1. The molecule has 27 heavy (non-hydrogen) atoms. The van der Waals surface area contributed by atoms with E-state index in [0.29, 0.717) is 22.8 Å². The first-order chi connectivity index (χ1) is 13.0. The summed E-state index contributed by atoms with van der Waals surface area (Å²) in [5.41, 5.74) is 2.76. The van der Waals surface area contributed by atoms with Gasteiger partial charge in [0.2, 0.25) is 6.79 Å². The van der Waals surface area contributed by atoms with Crippen molar-refractivity contribution in [2.45, 2.75) is 13.5 Å². The van der Waals surface area contributed by atoms with Gasteiger partial charge in [0.15, 0.2) is 11.5 Å². The van der Waals surface area contributed by atoms with E-state index in [1.165, 1.54) is 12.0 Å². The lowest BCUT2D eigenvalue weighted by Crippen LogP contribution is -2.30. The van der Waals surface area contributed by atoms with E-state index in [9.17, 15) is 9.59 Å². The van der Waals surface area contributed by atoms with Gasteiger partial charge in [-0.2, -0.15) is 0 Å². The summed E-state index contributed by atoms with van der Waals surface area (Å²) in [6.45, 7) is 2.31. The van der Waals surface area contributed by atoms with Gasteiger partial charge in [0.1, 0.15) is 11.4 Å². The minimum absolute atomic E-state index is 0.137. The summed E-state index contributed by atoms with van der Waals surface area (Å²) in [6.07, 6.45) is 1.58. The molecule has 0 spiro atoms. The molecule has 1 fully saturated rings. The van der Waals surface area contributed by atoms with Crippen molar-refractivity contribution >= 4 is 18.0 Å². The summed E-state index contributed by atoms with van der Waals surface area (Å²) in [7, 11) is 1.53. The number of urea groups is 1. The van der Waals surface area contributed by atoms with E-state index in [2.05, 4.69) is 5.32 Å². The second kappa shape index (κ2) is 6.68. The number of hydrogen-bond acceptors (Lipinski definition) is 5. The van der Waals surface area contributed by atoms with Crippen molar-refractivity contribution in [3.63, 3.8) is 0 Å². The highest BCUT2D eigenvalue weighted by Gasteiger charge is 2.34. The second-order valence-electron chi connectivity index (χ2n) is 6.32. The van der Waals surface area contributed by atoms with Gasteiger partial charge in [-0.3, -0.25) is 9.69 Å². The number of carbonyl (C=O) groups excluding carboxylic acids is 2. The third-order valence-electron chi connectivity index (χ3n) is 4.41. The number of ether oxygens (including phenoxy) is 3. The molecule has 3 amide bonds. The van der Waals surface area contributed by atoms with Crippen molar-refractivity contribution in [1.82, 2.24) is 10.2 Å². The molecule has 0 unspecified atom stereocenters. The topological polar surface area (TPSA) is 77.1 Å². The SMILES string of the molecule is COc1cc2c(cc1/C=C1/NC(=O)N(Cc3cccc(C)c3)C1=O)OCO2. The summed E-state index contributed by atoms with van der Waals surface area (Å²) in [4.78, 5) is 26.2. The monoisotopic (exact) mass is 366 g/mol. The molecule has 0 radical (unpaired) electrons. The zero-order chi connectivity index (χ0) is 19.0. The molecule has 2 aromatic carbocycles. The molecule has 4 rings (SSSR count). The average Bonchev–Trinajstić information content (AvgIpc) is 3.20. The van der Waals surface area contributed by atoms with Crippen LogP contribution in [0.4, 0.5) is 4.79 Å². The number of imide groups is 1. The van der Waals surface area contributed by atoms with Gasteiger partial charge in [0.05, 0.1) is 13.7 Å². The molecule has 7 nitrogen and oxygen atoms in total. The van der Waals surface area contributed by atoms with Crippen LogP contribution in [0.3, 0.4) is 0 Å². The Balaban J connectivity index is 1.62. The molecule has 0 atom stereocenters. The van der Waals surface area contributed by atoms with Gasteiger partial charge < -0.3 is 19.5 Å². The van der Waals surface area contributed by atoms with E-state index in [0.717, 1.165) is 11.1 Å². The number of hydrogen-bond donors (Lipinski definition) is 1. The molecule has 1 saturated heterocycles. The third-order valence-corrected chi connectivity index (χ3v) is 4.41.